The van der Waals surface area contributed by atoms with Crippen LogP contribution in [0.4, 0.5) is 0 Å². The van der Waals surface area contributed by atoms with Gasteiger partial charge in [0, 0.05) is 16.6 Å². The van der Waals surface area contributed by atoms with Crippen LogP contribution >= 0.6 is 15.9 Å². The Kier molecular flexibility index (Phi) is 3.49. The van der Waals surface area contributed by atoms with Crippen molar-refractivity contribution >= 4 is 15.9 Å². The number of methoxy groups -OCH3 is 1. The molecule has 2 aromatic rings. The van der Waals surface area contributed by atoms with Crippen LogP contribution < -0.4 is 10.5 Å². The van der Waals surface area contributed by atoms with Gasteiger partial charge in [0.2, 0.25) is 0 Å². The molecule has 17 heavy (non-hydrogen) atoms. The molecule has 1 atom stereocenters. The van der Waals surface area contributed by atoms with Gasteiger partial charge < -0.3 is 15.0 Å². The lowest BCUT2D eigenvalue weighted by Gasteiger charge is -2.12. The van der Waals surface area contributed by atoms with Crippen molar-refractivity contribution in [2.45, 2.75) is 13.0 Å². The summed E-state index contributed by atoms with van der Waals surface area (Å²) in [6, 6.07) is 5.78. The minimum absolute atomic E-state index is 0.0672. The smallest absolute Gasteiger partial charge is 0.122 e. The maximum Gasteiger partial charge on any atom is 0.122 e. The average molecular weight is 296 g/mol. The van der Waals surface area contributed by atoms with Gasteiger partial charge in [-0.2, -0.15) is 0 Å². The Balaban J connectivity index is 2.52. The van der Waals surface area contributed by atoms with E-state index in [-0.39, 0.29) is 6.04 Å². The largest absolute Gasteiger partial charge is 0.497 e. The van der Waals surface area contributed by atoms with E-state index in [2.05, 4.69) is 20.9 Å². The predicted octanol–water partition coefficient (Wildman–Crippen LogP) is 2.66. The maximum absolute atomic E-state index is 5.90. The summed E-state index contributed by atoms with van der Waals surface area (Å²) >= 11 is 3.46. The van der Waals surface area contributed by atoms with E-state index in [0.717, 1.165) is 21.6 Å². The average Bonchev–Trinajstić information content (AvgIpc) is 2.77. The van der Waals surface area contributed by atoms with Crippen LogP contribution in [-0.4, -0.2) is 16.7 Å². The first kappa shape index (κ1) is 12.1. The first-order valence-electron chi connectivity index (χ1n) is 5.24. The molecular formula is C12H14BrN3O. The van der Waals surface area contributed by atoms with Crippen molar-refractivity contribution in [3.8, 4) is 11.4 Å². The molecule has 4 nitrogen and oxygen atoms in total. The van der Waals surface area contributed by atoms with E-state index in [1.807, 2.05) is 29.7 Å². The van der Waals surface area contributed by atoms with Crippen LogP contribution in [0.5, 0.6) is 5.75 Å². The van der Waals surface area contributed by atoms with Gasteiger partial charge in [0.25, 0.3) is 0 Å². The second-order valence-electron chi connectivity index (χ2n) is 3.83. The van der Waals surface area contributed by atoms with Crippen LogP contribution in [0.2, 0.25) is 0 Å². The van der Waals surface area contributed by atoms with Crippen LogP contribution in [-0.2, 0) is 0 Å². The number of hydrogen-bond acceptors (Lipinski definition) is 3. The molecule has 1 unspecified atom stereocenters. The standard InChI is InChI=1S/C12H14BrN3O/c1-8(14)12-6-15-7-16(12)10-3-9(13)4-11(5-10)17-2/h3-8H,14H2,1-2H3. The lowest BCUT2D eigenvalue weighted by molar-refractivity contribution is 0.414. The number of aromatic nitrogens is 2. The molecule has 0 aliphatic rings. The molecule has 1 heterocycles. The van der Waals surface area contributed by atoms with Gasteiger partial charge in [-0.15, -0.1) is 0 Å². The second kappa shape index (κ2) is 4.89. The van der Waals surface area contributed by atoms with Crippen LogP contribution in [0.25, 0.3) is 5.69 Å². The molecule has 0 aliphatic carbocycles. The van der Waals surface area contributed by atoms with Gasteiger partial charge in [-0.25, -0.2) is 4.98 Å². The van der Waals surface area contributed by atoms with E-state index >= 15 is 0 Å². The number of ether oxygens (including phenoxy) is 1. The minimum atomic E-state index is -0.0672. The fourth-order valence-electron chi connectivity index (χ4n) is 1.66. The van der Waals surface area contributed by atoms with Gasteiger partial charge >= 0.3 is 0 Å². The number of nitrogens with zero attached hydrogens (tertiary/aromatic N) is 2. The van der Waals surface area contributed by atoms with Gasteiger partial charge in [0.05, 0.1) is 31.0 Å². The number of halogens is 1. The van der Waals surface area contributed by atoms with Crippen LogP contribution in [0.3, 0.4) is 0 Å². The summed E-state index contributed by atoms with van der Waals surface area (Å²) < 4.78 is 8.15. The van der Waals surface area contributed by atoms with E-state index < -0.39 is 0 Å². The van der Waals surface area contributed by atoms with Crippen molar-refractivity contribution in [1.82, 2.24) is 9.55 Å². The molecule has 0 saturated carbocycles. The fraction of sp³-hybridized carbons (Fsp3) is 0.250. The third-order valence-electron chi connectivity index (χ3n) is 2.50. The molecule has 2 N–H and O–H groups in total. The maximum atomic E-state index is 5.90. The first-order valence-corrected chi connectivity index (χ1v) is 6.04. The SMILES string of the molecule is COc1cc(Br)cc(-n2cncc2C(C)N)c1. The van der Waals surface area contributed by atoms with Gasteiger partial charge in [-0.1, -0.05) is 15.9 Å². The van der Waals surface area contributed by atoms with Crippen molar-refractivity contribution < 1.29 is 4.74 Å². The Labute approximate surface area is 109 Å². The van der Waals surface area contributed by atoms with Crippen molar-refractivity contribution in [1.29, 1.82) is 0 Å². The van der Waals surface area contributed by atoms with Gasteiger partial charge in [-0.05, 0) is 19.1 Å². The number of nitrogens with two attached hydrogens (primary N) is 1. The zero-order valence-corrected chi connectivity index (χ0v) is 11.3. The molecule has 0 fully saturated rings. The van der Waals surface area contributed by atoms with Crippen molar-refractivity contribution in [3.63, 3.8) is 0 Å². The van der Waals surface area contributed by atoms with Crippen molar-refractivity contribution in [3.05, 3.63) is 40.9 Å². The molecule has 2 rings (SSSR count). The van der Waals surface area contributed by atoms with Gasteiger partial charge in [0.1, 0.15) is 5.75 Å². The van der Waals surface area contributed by atoms with Crippen LogP contribution in [0.15, 0.2) is 35.2 Å². The lowest BCUT2D eigenvalue weighted by atomic mass is 10.2. The number of rotatable bonds is 3. The molecule has 5 heteroatoms. The molecule has 0 aliphatic heterocycles. The Morgan fingerprint density at radius 3 is 2.82 bits per heavy atom. The third kappa shape index (κ3) is 2.50. The predicted molar refractivity (Wildman–Crippen MR) is 70.4 cm³/mol. The summed E-state index contributed by atoms with van der Waals surface area (Å²) in [5.74, 6) is 0.790. The zero-order valence-electron chi connectivity index (χ0n) is 9.72. The highest BCUT2D eigenvalue weighted by atomic mass is 79.9. The zero-order chi connectivity index (χ0) is 12.4. The fourth-order valence-corrected chi connectivity index (χ4v) is 2.12. The summed E-state index contributed by atoms with van der Waals surface area (Å²) in [4.78, 5) is 4.13. The Hall–Kier alpha value is -1.33. The van der Waals surface area contributed by atoms with E-state index in [9.17, 15) is 0 Å². The highest BCUT2D eigenvalue weighted by Crippen LogP contribution is 2.25. The normalized spacial score (nSPS) is 12.5. The van der Waals surface area contributed by atoms with Gasteiger partial charge in [0.15, 0.2) is 0 Å². The summed E-state index contributed by atoms with van der Waals surface area (Å²) in [7, 11) is 1.64. The van der Waals surface area contributed by atoms with Crippen LogP contribution in [0.1, 0.15) is 18.7 Å². The third-order valence-corrected chi connectivity index (χ3v) is 2.96. The van der Waals surface area contributed by atoms with E-state index in [4.69, 9.17) is 10.5 Å². The van der Waals surface area contributed by atoms with Crippen LogP contribution in [0, 0.1) is 0 Å². The van der Waals surface area contributed by atoms with Crippen molar-refractivity contribution in [2.75, 3.05) is 7.11 Å². The lowest BCUT2D eigenvalue weighted by Crippen LogP contribution is -2.10. The summed E-state index contributed by atoms with van der Waals surface area (Å²) in [6.07, 6.45) is 3.53. The molecule has 0 saturated heterocycles. The van der Waals surface area contributed by atoms with Crippen molar-refractivity contribution in [2.24, 2.45) is 5.73 Å². The quantitative estimate of drug-likeness (QED) is 0.947. The highest BCUT2D eigenvalue weighted by molar-refractivity contribution is 9.10. The van der Waals surface area contributed by atoms with E-state index in [1.54, 1.807) is 19.6 Å². The molecule has 1 aromatic heterocycles. The number of imidazole rings is 1. The second-order valence-corrected chi connectivity index (χ2v) is 4.74. The molecule has 0 radical (unpaired) electrons. The summed E-state index contributed by atoms with van der Waals surface area (Å²) in [5.41, 5.74) is 7.84. The molecule has 0 bridgehead atoms. The summed E-state index contributed by atoms with van der Waals surface area (Å²) in [5, 5.41) is 0. The monoisotopic (exact) mass is 295 g/mol. The molecule has 90 valence electrons. The molecule has 0 amide bonds. The molecular weight excluding hydrogens is 282 g/mol. The van der Waals surface area contributed by atoms with E-state index in [0.29, 0.717) is 0 Å². The van der Waals surface area contributed by atoms with Gasteiger partial charge in [-0.3, -0.25) is 0 Å². The number of hydrogen-bond donors (Lipinski definition) is 1. The Morgan fingerprint density at radius 1 is 1.41 bits per heavy atom. The summed E-state index contributed by atoms with van der Waals surface area (Å²) in [6.45, 7) is 1.93. The topological polar surface area (TPSA) is 53.1 Å². The number of benzene rings is 1. The highest BCUT2D eigenvalue weighted by Gasteiger charge is 2.09. The molecule has 1 aromatic carbocycles. The molecule has 0 spiro atoms. The first-order chi connectivity index (χ1) is 8.11. The van der Waals surface area contributed by atoms with E-state index in [1.165, 1.54) is 0 Å². The minimum Gasteiger partial charge on any atom is -0.497 e. The Bertz CT molecular complexity index is 522. The Morgan fingerprint density at radius 2 is 2.18 bits per heavy atom.